The third-order valence-electron chi connectivity index (χ3n) is 2.92. The second kappa shape index (κ2) is 5.57. The van der Waals surface area contributed by atoms with Crippen molar-refractivity contribution in [2.75, 3.05) is 13.1 Å². The van der Waals surface area contributed by atoms with E-state index >= 15 is 0 Å². The molecule has 2 atom stereocenters. The maximum atomic E-state index is 11.0. The summed E-state index contributed by atoms with van der Waals surface area (Å²) in [6.07, 6.45) is 4.01. The molecular weight excluding hydrogens is 222 g/mol. The van der Waals surface area contributed by atoms with E-state index in [4.69, 9.17) is 0 Å². The Kier molecular flexibility index (Phi) is 4.09. The molecule has 0 saturated carbocycles. The maximum absolute atomic E-state index is 11.0. The number of thioether (sulfide) groups is 1. The summed E-state index contributed by atoms with van der Waals surface area (Å²) in [5.74, 6) is 0.169. The van der Waals surface area contributed by atoms with Crippen molar-refractivity contribution >= 4 is 22.8 Å². The van der Waals surface area contributed by atoms with Crippen molar-refractivity contribution in [3.63, 3.8) is 0 Å². The average molecular weight is 241 g/mol. The minimum atomic E-state index is 0.169. The van der Waals surface area contributed by atoms with Crippen LogP contribution in [-0.2, 0) is 4.79 Å². The summed E-state index contributed by atoms with van der Waals surface area (Å²) in [6.45, 7) is 3.89. The van der Waals surface area contributed by atoms with Crippen LogP contribution in [0.2, 0.25) is 0 Å². The first kappa shape index (κ1) is 11.8. The lowest BCUT2D eigenvalue weighted by atomic mass is 10.1. The number of aliphatic imine (C=N–C) groups is 1. The van der Waals surface area contributed by atoms with Gasteiger partial charge in [-0.25, -0.2) is 0 Å². The molecule has 90 valence electrons. The Morgan fingerprint density at radius 2 is 2.50 bits per heavy atom. The number of amidine groups is 1. The highest BCUT2D eigenvalue weighted by atomic mass is 32.2. The number of hydrogen-bond donors (Lipinski definition) is 2. The molecule has 0 aromatic carbocycles. The minimum absolute atomic E-state index is 0.169. The zero-order valence-corrected chi connectivity index (χ0v) is 10.5. The van der Waals surface area contributed by atoms with Gasteiger partial charge in [-0.1, -0.05) is 25.1 Å². The number of piperidine rings is 1. The Bertz CT molecular complexity index is 283. The highest BCUT2D eigenvalue weighted by Crippen LogP contribution is 2.24. The van der Waals surface area contributed by atoms with Crippen LogP contribution in [0.4, 0.5) is 0 Å². The summed E-state index contributed by atoms with van der Waals surface area (Å²) in [6, 6.07) is 0.365. The molecule has 1 amide bonds. The highest BCUT2D eigenvalue weighted by molar-refractivity contribution is 8.14. The van der Waals surface area contributed by atoms with Gasteiger partial charge in [0.1, 0.15) is 0 Å². The van der Waals surface area contributed by atoms with Crippen LogP contribution in [-0.4, -0.2) is 35.5 Å². The number of amides is 1. The third kappa shape index (κ3) is 3.14. The van der Waals surface area contributed by atoms with Crippen molar-refractivity contribution in [2.24, 2.45) is 4.99 Å². The van der Waals surface area contributed by atoms with Gasteiger partial charge in [-0.15, -0.1) is 0 Å². The summed E-state index contributed by atoms with van der Waals surface area (Å²) < 4.78 is 0. The number of nitrogens with one attached hydrogen (secondary N) is 2. The van der Waals surface area contributed by atoms with Crippen LogP contribution in [0.25, 0.3) is 0 Å². The second-order valence-electron chi connectivity index (χ2n) is 4.36. The van der Waals surface area contributed by atoms with Gasteiger partial charge in [0.25, 0.3) is 0 Å². The van der Waals surface area contributed by atoms with Crippen LogP contribution in [0, 0.1) is 0 Å². The molecule has 4 nitrogen and oxygen atoms in total. The van der Waals surface area contributed by atoms with Gasteiger partial charge in [-0.05, 0) is 12.8 Å². The zero-order valence-electron chi connectivity index (χ0n) is 9.66. The van der Waals surface area contributed by atoms with Gasteiger partial charge in [0, 0.05) is 24.3 Å². The van der Waals surface area contributed by atoms with Gasteiger partial charge < -0.3 is 10.6 Å². The van der Waals surface area contributed by atoms with E-state index in [9.17, 15) is 4.79 Å². The molecule has 2 rings (SSSR count). The quantitative estimate of drug-likeness (QED) is 0.778. The molecule has 16 heavy (non-hydrogen) atoms. The molecule has 0 spiro atoms. The molecular formula is C11H19N3OS. The standard InChI is InChI=1S/C11H19N3OS/c1-2-3-9-7-13-11(16-9)14-8-4-5-10(15)12-6-8/h8-9H,2-7H2,1H3,(H,12,15)(H,13,14). The van der Waals surface area contributed by atoms with Crippen LogP contribution in [0.3, 0.4) is 0 Å². The van der Waals surface area contributed by atoms with Crippen molar-refractivity contribution < 1.29 is 4.79 Å². The van der Waals surface area contributed by atoms with Gasteiger partial charge in [0.15, 0.2) is 5.17 Å². The lowest BCUT2D eigenvalue weighted by Gasteiger charge is -2.24. The fourth-order valence-corrected chi connectivity index (χ4v) is 3.20. The maximum Gasteiger partial charge on any atom is 0.220 e. The molecule has 1 fully saturated rings. The Morgan fingerprint density at radius 1 is 1.62 bits per heavy atom. The summed E-state index contributed by atoms with van der Waals surface area (Å²) in [4.78, 5) is 15.5. The lowest BCUT2D eigenvalue weighted by molar-refractivity contribution is -0.122. The third-order valence-corrected chi connectivity index (χ3v) is 4.11. The number of rotatable bonds is 3. The van der Waals surface area contributed by atoms with E-state index in [0.717, 1.165) is 24.7 Å². The van der Waals surface area contributed by atoms with Crippen molar-refractivity contribution in [1.29, 1.82) is 0 Å². The Hall–Kier alpha value is -0.710. The molecule has 0 bridgehead atoms. The molecule has 2 N–H and O–H groups in total. The predicted molar refractivity (Wildman–Crippen MR) is 67.8 cm³/mol. The first-order valence-corrected chi connectivity index (χ1v) is 6.90. The van der Waals surface area contributed by atoms with E-state index in [2.05, 4.69) is 22.5 Å². The van der Waals surface area contributed by atoms with E-state index < -0.39 is 0 Å². The Morgan fingerprint density at radius 3 is 3.19 bits per heavy atom. The van der Waals surface area contributed by atoms with Gasteiger partial charge in [0.05, 0.1) is 6.54 Å². The van der Waals surface area contributed by atoms with Crippen LogP contribution >= 0.6 is 11.8 Å². The second-order valence-corrected chi connectivity index (χ2v) is 5.65. The fourth-order valence-electron chi connectivity index (χ4n) is 2.00. The Balaban J connectivity index is 1.72. The number of carbonyl (C=O) groups excluding carboxylic acids is 1. The van der Waals surface area contributed by atoms with E-state index in [-0.39, 0.29) is 5.91 Å². The average Bonchev–Trinajstić information content (AvgIpc) is 2.70. The van der Waals surface area contributed by atoms with Crippen LogP contribution < -0.4 is 10.6 Å². The molecule has 0 aromatic rings. The predicted octanol–water partition coefficient (Wildman–Crippen LogP) is 1.13. The molecule has 0 aromatic heterocycles. The SMILES string of the molecule is CCCC1CN=C(NC2CCC(=O)NC2)S1. The lowest BCUT2D eigenvalue weighted by Crippen LogP contribution is -2.46. The van der Waals surface area contributed by atoms with E-state index in [1.54, 1.807) is 0 Å². The van der Waals surface area contributed by atoms with E-state index in [0.29, 0.717) is 17.7 Å². The summed E-state index contributed by atoms with van der Waals surface area (Å²) in [5.41, 5.74) is 0. The van der Waals surface area contributed by atoms with Crippen molar-refractivity contribution in [2.45, 2.75) is 43.9 Å². The molecule has 2 aliphatic rings. The first-order chi connectivity index (χ1) is 7.78. The van der Waals surface area contributed by atoms with Crippen LogP contribution in [0.15, 0.2) is 4.99 Å². The first-order valence-electron chi connectivity index (χ1n) is 6.02. The Labute approximate surface area is 101 Å². The molecule has 5 heteroatoms. The molecule has 1 saturated heterocycles. The van der Waals surface area contributed by atoms with Crippen LogP contribution in [0.1, 0.15) is 32.6 Å². The van der Waals surface area contributed by atoms with Gasteiger partial charge >= 0.3 is 0 Å². The van der Waals surface area contributed by atoms with Crippen molar-refractivity contribution in [3.8, 4) is 0 Å². The molecule has 2 aliphatic heterocycles. The summed E-state index contributed by atoms with van der Waals surface area (Å²) in [5, 5.41) is 8.03. The highest BCUT2D eigenvalue weighted by Gasteiger charge is 2.23. The topological polar surface area (TPSA) is 53.5 Å². The van der Waals surface area contributed by atoms with Crippen molar-refractivity contribution in [1.82, 2.24) is 10.6 Å². The largest absolute Gasteiger partial charge is 0.360 e. The van der Waals surface area contributed by atoms with E-state index in [1.165, 1.54) is 12.8 Å². The number of nitrogens with zero attached hydrogens (tertiary/aromatic N) is 1. The fraction of sp³-hybridized carbons (Fsp3) is 0.818. The smallest absolute Gasteiger partial charge is 0.220 e. The number of carbonyl (C=O) groups is 1. The van der Waals surface area contributed by atoms with Gasteiger partial charge in [-0.2, -0.15) is 0 Å². The normalized spacial score (nSPS) is 29.8. The van der Waals surface area contributed by atoms with E-state index in [1.807, 2.05) is 11.8 Å². The molecule has 2 heterocycles. The molecule has 0 radical (unpaired) electrons. The van der Waals surface area contributed by atoms with Gasteiger partial charge in [-0.3, -0.25) is 9.79 Å². The monoisotopic (exact) mass is 241 g/mol. The van der Waals surface area contributed by atoms with Crippen LogP contribution in [0.5, 0.6) is 0 Å². The molecule has 0 aliphatic carbocycles. The minimum Gasteiger partial charge on any atom is -0.360 e. The summed E-state index contributed by atoms with van der Waals surface area (Å²) in [7, 11) is 0. The number of hydrogen-bond acceptors (Lipinski definition) is 4. The summed E-state index contributed by atoms with van der Waals surface area (Å²) >= 11 is 1.86. The molecule has 2 unspecified atom stereocenters. The van der Waals surface area contributed by atoms with Crippen molar-refractivity contribution in [3.05, 3.63) is 0 Å². The zero-order chi connectivity index (χ0) is 11.4. The van der Waals surface area contributed by atoms with Gasteiger partial charge in [0.2, 0.25) is 5.91 Å².